The van der Waals surface area contributed by atoms with Crippen LogP contribution in [-0.4, -0.2) is 37.5 Å². The van der Waals surface area contributed by atoms with E-state index in [0.29, 0.717) is 16.9 Å². The fourth-order valence-electron chi connectivity index (χ4n) is 3.19. The maximum absolute atomic E-state index is 13.9. The molecule has 35 heavy (non-hydrogen) atoms. The lowest BCUT2D eigenvalue weighted by molar-refractivity contribution is -0.137. The van der Waals surface area contributed by atoms with Crippen LogP contribution in [0.4, 0.5) is 23.2 Å². The fourth-order valence-corrected chi connectivity index (χ4v) is 3.19. The molecule has 0 saturated heterocycles. The molecule has 0 atom stereocenters. The smallest absolute Gasteiger partial charge is 0.416 e. The highest BCUT2D eigenvalue weighted by Gasteiger charge is 2.30. The minimum absolute atomic E-state index is 0.00542. The minimum atomic E-state index is -4.52. The van der Waals surface area contributed by atoms with Gasteiger partial charge in [-0.3, -0.25) is 9.59 Å². The zero-order valence-corrected chi connectivity index (χ0v) is 18.9. The van der Waals surface area contributed by atoms with E-state index in [1.807, 2.05) is 0 Å². The molecule has 0 fully saturated rings. The number of nitrogens with one attached hydrogen (secondary N) is 1. The number of alkyl halides is 3. The molecule has 0 radical (unpaired) electrons. The second kappa shape index (κ2) is 10.9. The number of ether oxygens (including phenoxy) is 2. The lowest BCUT2D eigenvalue weighted by atomic mass is 10.1. The first-order valence-corrected chi connectivity index (χ1v) is 10.3. The van der Waals surface area contributed by atoms with Crippen LogP contribution in [0.2, 0.25) is 0 Å². The molecule has 0 saturated carbocycles. The van der Waals surface area contributed by atoms with Crippen LogP contribution >= 0.6 is 0 Å². The first kappa shape index (κ1) is 25.5. The van der Waals surface area contributed by atoms with Crippen molar-refractivity contribution in [1.29, 1.82) is 0 Å². The zero-order valence-electron chi connectivity index (χ0n) is 18.9. The Morgan fingerprint density at radius 2 is 1.71 bits per heavy atom. The van der Waals surface area contributed by atoms with Gasteiger partial charge < -0.3 is 19.7 Å². The molecule has 0 aliphatic carbocycles. The predicted molar refractivity (Wildman–Crippen MR) is 121 cm³/mol. The van der Waals surface area contributed by atoms with Gasteiger partial charge in [-0.05, 0) is 60.2 Å². The lowest BCUT2D eigenvalue weighted by Crippen LogP contribution is -2.26. The van der Waals surface area contributed by atoms with Crippen molar-refractivity contribution in [3.63, 3.8) is 0 Å². The van der Waals surface area contributed by atoms with Gasteiger partial charge in [0.1, 0.15) is 5.75 Å². The number of methoxy groups -OCH3 is 1. The van der Waals surface area contributed by atoms with Crippen molar-refractivity contribution in [1.82, 2.24) is 4.90 Å². The number of benzene rings is 3. The van der Waals surface area contributed by atoms with Crippen LogP contribution in [0, 0.1) is 5.82 Å². The number of halogens is 4. The third-order valence-electron chi connectivity index (χ3n) is 4.93. The van der Waals surface area contributed by atoms with Gasteiger partial charge in [0.25, 0.3) is 11.8 Å². The van der Waals surface area contributed by atoms with E-state index in [9.17, 15) is 27.2 Å². The number of hydrogen-bond donors (Lipinski definition) is 1. The summed E-state index contributed by atoms with van der Waals surface area (Å²) < 4.78 is 62.5. The number of anilines is 1. The summed E-state index contributed by atoms with van der Waals surface area (Å²) >= 11 is 0. The van der Waals surface area contributed by atoms with Crippen LogP contribution in [0.3, 0.4) is 0 Å². The van der Waals surface area contributed by atoms with Gasteiger partial charge in [-0.15, -0.1) is 0 Å². The van der Waals surface area contributed by atoms with Crippen molar-refractivity contribution < 1.29 is 36.6 Å². The van der Waals surface area contributed by atoms with Crippen molar-refractivity contribution in [2.75, 3.05) is 26.1 Å². The molecule has 2 amide bonds. The Bertz CT molecular complexity index is 1200. The maximum atomic E-state index is 13.9. The Hall–Kier alpha value is -4.08. The van der Waals surface area contributed by atoms with Crippen LogP contribution in [-0.2, 0) is 17.5 Å². The van der Waals surface area contributed by atoms with E-state index in [4.69, 9.17) is 9.47 Å². The molecule has 1 N–H and O–H groups in total. The van der Waals surface area contributed by atoms with Crippen molar-refractivity contribution >= 4 is 17.5 Å². The molecule has 6 nitrogen and oxygen atoms in total. The highest BCUT2D eigenvalue weighted by molar-refractivity contribution is 5.94. The summed E-state index contributed by atoms with van der Waals surface area (Å²) in [7, 11) is 2.94. The molecular formula is C25H22F4N2O4. The van der Waals surface area contributed by atoms with Gasteiger partial charge in [-0.25, -0.2) is 4.39 Å². The standard InChI is InChI=1S/C25H22F4N2O4/c1-31(14-16-6-11-22(34-2)21(26)12-16)24(33)17-7-9-20(10-8-17)35-15-23(32)30-19-5-3-4-18(13-19)25(27,28)29/h3-13H,14-15H2,1-2H3,(H,30,32). The van der Waals surface area contributed by atoms with E-state index in [2.05, 4.69) is 5.32 Å². The Morgan fingerprint density at radius 1 is 1.00 bits per heavy atom. The summed E-state index contributed by atoms with van der Waals surface area (Å²) in [6, 6.07) is 14.7. The molecule has 0 aromatic heterocycles. The van der Waals surface area contributed by atoms with E-state index in [-0.39, 0.29) is 23.9 Å². The van der Waals surface area contributed by atoms with E-state index in [1.165, 1.54) is 60.5 Å². The van der Waals surface area contributed by atoms with Crippen LogP contribution in [0.25, 0.3) is 0 Å². The topological polar surface area (TPSA) is 67.9 Å². The van der Waals surface area contributed by atoms with Crippen molar-refractivity contribution in [2.24, 2.45) is 0 Å². The molecule has 0 bridgehead atoms. The van der Waals surface area contributed by atoms with E-state index in [1.54, 1.807) is 13.1 Å². The van der Waals surface area contributed by atoms with E-state index in [0.717, 1.165) is 12.1 Å². The molecule has 3 aromatic carbocycles. The van der Waals surface area contributed by atoms with E-state index >= 15 is 0 Å². The summed E-state index contributed by atoms with van der Waals surface area (Å²) in [5, 5.41) is 2.34. The number of hydrogen-bond acceptors (Lipinski definition) is 4. The molecule has 0 unspecified atom stereocenters. The number of nitrogens with zero attached hydrogens (tertiary/aromatic N) is 1. The summed E-state index contributed by atoms with van der Waals surface area (Å²) in [6.07, 6.45) is -4.52. The lowest BCUT2D eigenvalue weighted by Gasteiger charge is -2.18. The molecule has 184 valence electrons. The third kappa shape index (κ3) is 6.95. The number of rotatable bonds is 8. The SMILES string of the molecule is COc1ccc(CN(C)C(=O)c2ccc(OCC(=O)Nc3cccc(C(F)(F)F)c3)cc2)cc1F. The van der Waals surface area contributed by atoms with Gasteiger partial charge in [-0.2, -0.15) is 13.2 Å². The summed E-state index contributed by atoms with van der Waals surface area (Å²) in [5.41, 5.74) is 0.0563. The highest BCUT2D eigenvalue weighted by atomic mass is 19.4. The van der Waals surface area contributed by atoms with Gasteiger partial charge in [0.2, 0.25) is 0 Å². The average molecular weight is 490 g/mol. The Labute approximate surface area is 199 Å². The molecule has 0 aliphatic heterocycles. The van der Waals surface area contributed by atoms with Gasteiger partial charge in [-0.1, -0.05) is 12.1 Å². The van der Waals surface area contributed by atoms with Gasteiger partial charge in [0.05, 0.1) is 12.7 Å². The second-order valence-corrected chi connectivity index (χ2v) is 7.57. The molecule has 0 aliphatic rings. The molecular weight excluding hydrogens is 468 g/mol. The van der Waals surface area contributed by atoms with Crippen molar-refractivity contribution in [3.05, 3.63) is 89.2 Å². The van der Waals surface area contributed by atoms with Crippen LogP contribution in [0.5, 0.6) is 11.5 Å². The Balaban J connectivity index is 1.53. The Kier molecular flexibility index (Phi) is 7.95. The molecule has 0 spiro atoms. The Morgan fingerprint density at radius 3 is 2.34 bits per heavy atom. The number of carbonyl (C=O) groups is 2. The highest BCUT2D eigenvalue weighted by Crippen LogP contribution is 2.30. The molecule has 3 rings (SSSR count). The molecule has 10 heteroatoms. The first-order valence-electron chi connectivity index (χ1n) is 10.3. The summed E-state index contributed by atoms with van der Waals surface area (Å²) in [4.78, 5) is 26.1. The van der Waals surface area contributed by atoms with Gasteiger partial charge in [0, 0.05) is 24.8 Å². The fraction of sp³-hybridized carbons (Fsp3) is 0.200. The predicted octanol–water partition coefficient (Wildman–Crippen LogP) is 5.14. The second-order valence-electron chi connectivity index (χ2n) is 7.57. The summed E-state index contributed by atoms with van der Waals surface area (Å²) in [5.74, 6) is -1.07. The van der Waals surface area contributed by atoms with E-state index < -0.39 is 30.1 Å². The van der Waals surface area contributed by atoms with Gasteiger partial charge in [0.15, 0.2) is 18.2 Å². The van der Waals surface area contributed by atoms with Gasteiger partial charge >= 0.3 is 6.18 Å². The number of carbonyl (C=O) groups excluding carboxylic acids is 2. The largest absolute Gasteiger partial charge is 0.494 e. The minimum Gasteiger partial charge on any atom is -0.494 e. The van der Waals surface area contributed by atoms with Crippen LogP contribution in [0.15, 0.2) is 66.7 Å². The quantitative estimate of drug-likeness (QED) is 0.444. The first-order chi connectivity index (χ1) is 16.6. The van der Waals surface area contributed by atoms with Crippen LogP contribution in [0.1, 0.15) is 21.5 Å². The third-order valence-corrected chi connectivity index (χ3v) is 4.93. The maximum Gasteiger partial charge on any atom is 0.416 e. The number of amides is 2. The summed E-state index contributed by atoms with van der Waals surface area (Å²) in [6.45, 7) is -0.264. The van der Waals surface area contributed by atoms with Crippen molar-refractivity contribution in [3.8, 4) is 11.5 Å². The molecule has 0 heterocycles. The normalized spacial score (nSPS) is 11.0. The molecule has 3 aromatic rings. The monoisotopic (exact) mass is 490 g/mol. The zero-order chi connectivity index (χ0) is 25.6. The average Bonchev–Trinajstić information content (AvgIpc) is 2.82. The van der Waals surface area contributed by atoms with Crippen molar-refractivity contribution in [2.45, 2.75) is 12.7 Å². The van der Waals surface area contributed by atoms with Crippen LogP contribution < -0.4 is 14.8 Å².